The van der Waals surface area contributed by atoms with Gasteiger partial charge in [-0.2, -0.15) is 0 Å². The Labute approximate surface area is 242 Å². The Morgan fingerprint density at radius 3 is 2.41 bits per heavy atom. The van der Waals surface area contributed by atoms with Crippen LogP contribution in [0.5, 0.6) is 0 Å². The van der Waals surface area contributed by atoms with E-state index in [0.717, 1.165) is 33.8 Å². The molecule has 1 amide bonds. The van der Waals surface area contributed by atoms with Gasteiger partial charge in [0.2, 0.25) is 0 Å². The van der Waals surface area contributed by atoms with Gasteiger partial charge in [-0.25, -0.2) is 0 Å². The lowest BCUT2D eigenvalue weighted by Gasteiger charge is -2.23. The van der Waals surface area contributed by atoms with E-state index >= 15 is 0 Å². The van der Waals surface area contributed by atoms with Crippen LogP contribution in [0, 0.1) is 13.8 Å². The molecule has 1 aromatic heterocycles. The van der Waals surface area contributed by atoms with Crippen LogP contribution in [0.4, 0.5) is 5.69 Å². The van der Waals surface area contributed by atoms with Crippen molar-refractivity contribution in [1.29, 1.82) is 0 Å². The number of allylic oxidation sites excluding steroid dienone is 4. The molecule has 0 fully saturated rings. The first kappa shape index (κ1) is 27.7. The minimum atomic E-state index is -0.0641. The number of rotatable bonds is 8. The fraction of sp³-hybridized carbons (Fsp3) is 0.167. The van der Waals surface area contributed by atoms with Crippen LogP contribution in [0.1, 0.15) is 50.2 Å². The van der Waals surface area contributed by atoms with Gasteiger partial charge in [0.1, 0.15) is 0 Å². The average Bonchev–Trinajstić information content (AvgIpc) is 3.30. The second-order valence-electron chi connectivity index (χ2n) is 10.3. The molecule has 0 saturated carbocycles. The number of benzene rings is 3. The molecule has 1 aliphatic heterocycles. The van der Waals surface area contributed by atoms with Crippen molar-refractivity contribution in [2.75, 3.05) is 11.4 Å². The first-order valence-corrected chi connectivity index (χ1v) is 13.9. The normalized spacial score (nSPS) is 13.0. The molecule has 0 aliphatic carbocycles. The molecule has 0 spiro atoms. The van der Waals surface area contributed by atoms with E-state index in [0.29, 0.717) is 24.3 Å². The maximum atomic E-state index is 14.0. The van der Waals surface area contributed by atoms with E-state index < -0.39 is 0 Å². The number of hydrogen-bond acceptors (Lipinski definition) is 3. The van der Waals surface area contributed by atoms with Crippen LogP contribution < -0.4 is 10.2 Å². The molecule has 3 aromatic carbocycles. The average molecular weight is 542 g/mol. The smallest absolute Gasteiger partial charge is 0.258 e. The lowest BCUT2D eigenvalue weighted by atomic mass is 9.95. The van der Waals surface area contributed by atoms with Gasteiger partial charge in [0.15, 0.2) is 5.78 Å². The Morgan fingerprint density at radius 2 is 1.66 bits per heavy atom. The van der Waals surface area contributed by atoms with E-state index in [9.17, 15) is 9.59 Å². The van der Waals surface area contributed by atoms with Crippen LogP contribution in [-0.4, -0.2) is 22.8 Å². The van der Waals surface area contributed by atoms with Gasteiger partial charge in [-0.05, 0) is 91.1 Å². The number of nitrogens with zero attached hydrogens (tertiary/aromatic N) is 2. The molecule has 5 nitrogen and oxygen atoms in total. The minimum Gasteiger partial charge on any atom is -0.378 e. The largest absolute Gasteiger partial charge is 0.378 e. The molecule has 5 rings (SSSR count). The molecule has 41 heavy (non-hydrogen) atoms. The molecule has 2 heterocycles. The summed E-state index contributed by atoms with van der Waals surface area (Å²) in [6, 6.07) is 26.0. The minimum absolute atomic E-state index is 0.0239. The van der Waals surface area contributed by atoms with Crippen LogP contribution in [0.25, 0.3) is 11.1 Å². The number of anilines is 1. The van der Waals surface area contributed by atoms with Crippen molar-refractivity contribution in [2.45, 2.75) is 33.9 Å². The third kappa shape index (κ3) is 5.71. The molecular formula is C36H35N3O2. The number of carbonyl (C=O) groups excluding carboxylic acids is 2. The third-order valence-electron chi connectivity index (χ3n) is 7.58. The monoisotopic (exact) mass is 541 g/mol. The molecule has 4 aromatic rings. The number of para-hydroxylation sites is 1. The van der Waals surface area contributed by atoms with Crippen molar-refractivity contribution in [3.8, 4) is 11.1 Å². The zero-order chi connectivity index (χ0) is 28.9. The Bertz CT molecular complexity index is 1690. The highest BCUT2D eigenvalue weighted by atomic mass is 16.2. The SMILES string of the molecule is C=C/C(=C\C=C/C)NCC(=O)c1ccc2n1Cc1ccccc1N(C(=O)c1ccc(-c3ccccc3C)c(C)c1)C2. The Morgan fingerprint density at radius 1 is 0.902 bits per heavy atom. The number of ketones is 1. The Kier molecular flexibility index (Phi) is 8.16. The number of fused-ring (bicyclic) bond motifs is 2. The maximum absolute atomic E-state index is 14.0. The highest BCUT2D eigenvalue weighted by molar-refractivity contribution is 6.07. The number of hydrogen-bond donors (Lipinski definition) is 1. The van der Waals surface area contributed by atoms with E-state index in [2.05, 4.69) is 37.9 Å². The number of amides is 1. The van der Waals surface area contributed by atoms with Crippen molar-refractivity contribution in [3.05, 3.63) is 149 Å². The van der Waals surface area contributed by atoms with E-state index in [1.165, 1.54) is 11.1 Å². The lowest BCUT2D eigenvalue weighted by molar-refractivity contribution is 0.0980. The third-order valence-corrected chi connectivity index (χ3v) is 7.58. The van der Waals surface area contributed by atoms with Crippen LogP contribution in [0.3, 0.4) is 0 Å². The van der Waals surface area contributed by atoms with E-state index in [1.54, 1.807) is 6.08 Å². The van der Waals surface area contributed by atoms with Gasteiger partial charge in [0.05, 0.1) is 25.3 Å². The molecule has 1 aliphatic rings. The predicted octanol–water partition coefficient (Wildman–Crippen LogP) is 7.40. The molecule has 1 N–H and O–H groups in total. The van der Waals surface area contributed by atoms with Gasteiger partial charge in [0, 0.05) is 22.6 Å². The Balaban J connectivity index is 1.45. The summed E-state index contributed by atoms with van der Waals surface area (Å²) in [4.78, 5) is 29.2. The van der Waals surface area contributed by atoms with Crippen molar-refractivity contribution in [2.24, 2.45) is 0 Å². The summed E-state index contributed by atoms with van der Waals surface area (Å²) in [5, 5.41) is 3.17. The molecule has 5 heteroatoms. The zero-order valence-corrected chi connectivity index (χ0v) is 23.9. The molecule has 0 saturated heterocycles. The number of carbonyl (C=O) groups is 2. The van der Waals surface area contributed by atoms with Gasteiger partial charge in [0.25, 0.3) is 5.91 Å². The van der Waals surface area contributed by atoms with Gasteiger partial charge in [-0.1, -0.05) is 67.3 Å². The van der Waals surface area contributed by atoms with Gasteiger partial charge in [-0.15, -0.1) is 0 Å². The predicted molar refractivity (Wildman–Crippen MR) is 167 cm³/mol. The van der Waals surface area contributed by atoms with Gasteiger partial charge < -0.3 is 14.8 Å². The summed E-state index contributed by atoms with van der Waals surface area (Å²) < 4.78 is 2.03. The summed E-state index contributed by atoms with van der Waals surface area (Å²) in [6.45, 7) is 10.9. The van der Waals surface area contributed by atoms with E-state index in [4.69, 9.17) is 0 Å². The van der Waals surface area contributed by atoms with Crippen molar-refractivity contribution >= 4 is 17.4 Å². The molecular weight excluding hydrogens is 506 g/mol. The van der Waals surface area contributed by atoms with Gasteiger partial charge >= 0.3 is 0 Å². The maximum Gasteiger partial charge on any atom is 0.258 e. The van der Waals surface area contributed by atoms with Crippen molar-refractivity contribution in [1.82, 2.24) is 9.88 Å². The summed E-state index contributed by atoms with van der Waals surface area (Å²) in [7, 11) is 0. The summed E-state index contributed by atoms with van der Waals surface area (Å²) in [5.41, 5.74) is 9.36. The molecule has 0 bridgehead atoms. The highest BCUT2D eigenvalue weighted by Crippen LogP contribution is 2.32. The van der Waals surface area contributed by atoms with Crippen molar-refractivity contribution < 1.29 is 9.59 Å². The second-order valence-corrected chi connectivity index (χ2v) is 10.3. The molecule has 0 unspecified atom stereocenters. The van der Waals surface area contributed by atoms with Crippen LogP contribution in [0.2, 0.25) is 0 Å². The van der Waals surface area contributed by atoms with E-state index in [-0.39, 0.29) is 18.2 Å². The number of nitrogens with one attached hydrogen (secondary N) is 1. The summed E-state index contributed by atoms with van der Waals surface area (Å²) in [5.74, 6) is -0.0880. The molecule has 206 valence electrons. The summed E-state index contributed by atoms with van der Waals surface area (Å²) >= 11 is 0. The van der Waals surface area contributed by atoms with Crippen LogP contribution in [0.15, 0.2) is 115 Å². The summed E-state index contributed by atoms with van der Waals surface area (Å²) in [6.07, 6.45) is 7.40. The zero-order valence-electron chi connectivity index (χ0n) is 23.9. The van der Waals surface area contributed by atoms with Crippen LogP contribution in [-0.2, 0) is 13.1 Å². The fourth-order valence-electron chi connectivity index (χ4n) is 5.39. The highest BCUT2D eigenvalue weighted by Gasteiger charge is 2.27. The number of Topliss-reactive ketones (excluding diaryl/α,β-unsaturated/α-hetero) is 1. The molecule has 0 radical (unpaired) electrons. The van der Waals surface area contributed by atoms with Gasteiger partial charge in [-0.3, -0.25) is 9.59 Å². The standard InChI is InChI=1S/C36H35N3O2/c1-5-7-14-29(6-2)37-22-35(40)34-20-18-30-24-39(33-16-11-9-13-28(33)23-38(30)34)36(41)27-17-19-32(26(4)21-27)31-15-10-8-12-25(31)3/h5-21,37H,2,22-24H2,1,3-4H3/b7-5-,29-14+. The van der Waals surface area contributed by atoms with Crippen molar-refractivity contribution in [3.63, 3.8) is 0 Å². The number of aromatic nitrogens is 1. The van der Waals surface area contributed by atoms with Crippen LogP contribution >= 0.6 is 0 Å². The first-order valence-electron chi connectivity index (χ1n) is 13.9. The second kappa shape index (κ2) is 12.1. The topological polar surface area (TPSA) is 54.3 Å². The lowest BCUT2D eigenvalue weighted by Crippen LogP contribution is -2.30. The first-order chi connectivity index (χ1) is 19.9. The number of aryl methyl sites for hydroxylation is 2. The fourth-order valence-corrected chi connectivity index (χ4v) is 5.39. The molecule has 0 atom stereocenters. The Hall–Kier alpha value is -4.90. The quantitative estimate of drug-likeness (QED) is 0.187. The van der Waals surface area contributed by atoms with E-state index in [1.807, 2.05) is 101 Å².